The van der Waals surface area contributed by atoms with Crippen LogP contribution >= 0.6 is 11.6 Å². The average Bonchev–Trinajstić information content (AvgIpc) is 3.44. The molecule has 0 amide bonds. The molecule has 0 saturated heterocycles. The molecule has 0 atom stereocenters. The molecule has 0 aromatic carbocycles. The van der Waals surface area contributed by atoms with Crippen molar-refractivity contribution in [2.75, 3.05) is 18.4 Å². The molecule has 170 valence electrons. The Morgan fingerprint density at radius 3 is 2.91 bits per heavy atom. The van der Waals surface area contributed by atoms with Gasteiger partial charge < -0.3 is 9.88 Å². The second kappa shape index (κ2) is 8.84. The lowest BCUT2D eigenvalue weighted by Gasteiger charge is -2.29. The first-order valence-electron chi connectivity index (χ1n) is 11.0. The number of anilines is 1. The Balaban J connectivity index is 1.40. The molecule has 5 rings (SSSR count). The van der Waals surface area contributed by atoms with Gasteiger partial charge in [0.2, 0.25) is 10.0 Å². The highest BCUT2D eigenvalue weighted by molar-refractivity contribution is 7.89. The molecule has 3 aromatic heterocycles. The Bertz CT molecular complexity index is 1240. The smallest absolute Gasteiger partial charge is 0.248 e. The SMILES string of the molecule is O=S(=O)(c1cnn2ccc(NC/C=C/Cl)nc12)N1CCc2c(ncn2C2CCCCC2)C1. The van der Waals surface area contributed by atoms with E-state index in [2.05, 4.69) is 25.0 Å². The van der Waals surface area contributed by atoms with Gasteiger partial charge in [-0.25, -0.2) is 22.9 Å². The fourth-order valence-corrected chi connectivity index (χ4v) is 6.20. The Hall–Kier alpha value is -2.43. The van der Waals surface area contributed by atoms with Crippen LogP contribution in [-0.4, -0.2) is 50.0 Å². The van der Waals surface area contributed by atoms with Crippen molar-refractivity contribution in [2.24, 2.45) is 0 Å². The fourth-order valence-electron chi connectivity index (χ4n) is 4.66. The minimum atomic E-state index is -3.77. The van der Waals surface area contributed by atoms with Crippen molar-refractivity contribution >= 4 is 33.1 Å². The van der Waals surface area contributed by atoms with Gasteiger partial charge in [0.1, 0.15) is 10.7 Å². The predicted octanol–water partition coefficient (Wildman–Crippen LogP) is 3.34. The number of imidazole rings is 1. The quantitative estimate of drug-likeness (QED) is 0.587. The van der Waals surface area contributed by atoms with Crippen LogP contribution in [0.5, 0.6) is 0 Å². The number of hydrogen-bond donors (Lipinski definition) is 1. The monoisotopic (exact) mass is 475 g/mol. The number of halogens is 1. The molecule has 0 unspecified atom stereocenters. The van der Waals surface area contributed by atoms with Gasteiger partial charge in [-0.05, 0) is 18.9 Å². The summed E-state index contributed by atoms with van der Waals surface area (Å²) < 4.78 is 32.3. The van der Waals surface area contributed by atoms with Gasteiger partial charge in [-0.15, -0.1) is 0 Å². The van der Waals surface area contributed by atoms with Crippen molar-refractivity contribution in [1.82, 2.24) is 28.5 Å². The zero-order valence-electron chi connectivity index (χ0n) is 17.7. The molecule has 11 heteroatoms. The zero-order valence-corrected chi connectivity index (χ0v) is 19.3. The van der Waals surface area contributed by atoms with E-state index in [1.165, 1.54) is 58.4 Å². The van der Waals surface area contributed by atoms with Gasteiger partial charge in [0.25, 0.3) is 0 Å². The second-order valence-corrected chi connectivity index (χ2v) is 10.4. The molecule has 1 aliphatic heterocycles. The van der Waals surface area contributed by atoms with Crippen molar-refractivity contribution in [1.29, 1.82) is 0 Å². The van der Waals surface area contributed by atoms with Crippen LogP contribution in [-0.2, 0) is 23.0 Å². The summed E-state index contributed by atoms with van der Waals surface area (Å²) in [4.78, 5) is 9.15. The topological polar surface area (TPSA) is 97.4 Å². The van der Waals surface area contributed by atoms with Crippen LogP contribution in [0.1, 0.15) is 49.5 Å². The van der Waals surface area contributed by atoms with Crippen LogP contribution < -0.4 is 5.32 Å². The molecular weight excluding hydrogens is 450 g/mol. The highest BCUT2D eigenvalue weighted by atomic mass is 35.5. The highest BCUT2D eigenvalue weighted by Gasteiger charge is 2.34. The van der Waals surface area contributed by atoms with Crippen LogP contribution in [0, 0.1) is 0 Å². The van der Waals surface area contributed by atoms with Crippen LogP contribution in [0.25, 0.3) is 5.65 Å². The standard InChI is InChI=1S/C21H26ClN7O2S/c22-9-4-10-23-20-8-12-29-21(26-20)19(13-25-29)32(30,31)27-11-7-18-17(14-27)24-15-28(18)16-5-2-1-3-6-16/h4,8-9,12-13,15-16H,1-3,5-7,10-11,14H2,(H,23,26)/b9-4+. The largest absolute Gasteiger partial charge is 0.366 e. The third kappa shape index (κ3) is 3.91. The molecule has 0 radical (unpaired) electrons. The van der Waals surface area contributed by atoms with Crippen LogP contribution in [0.15, 0.2) is 41.3 Å². The van der Waals surface area contributed by atoms with E-state index in [0.29, 0.717) is 37.0 Å². The molecular formula is C21H26ClN7O2S. The number of nitrogens with one attached hydrogen (secondary N) is 1. The third-order valence-electron chi connectivity index (χ3n) is 6.32. The van der Waals surface area contributed by atoms with E-state index < -0.39 is 10.0 Å². The van der Waals surface area contributed by atoms with E-state index in [1.54, 1.807) is 18.3 Å². The first-order valence-corrected chi connectivity index (χ1v) is 12.8. The molecule has 0 bridgehead atoms. The molecule has 2 aliphatic rings. The van der Waals surface area contributed by atoms with Gasteiger partial charge >= 0.3 is 0 Å². The first kappa shape index (κ1) is 21.4. The number of nitrogens with zero attached hydrogens (tertiary/aromatic N) is 6. The summed E-state index contributed by atoms with van der Waals surface area (Å²) in [5, 5.41) is 7.28. The van der Waals surface area contributed by atoms with Gasteiger partial charge in [0.15, 0.2) is 5.65 Å². The summed E-state index contributed by atoms with van der Waals surface area (Å²) in [5.74, 6) is 0.552. The normalized spacial score (nSPS) is 18.4. The first-order chi connectivity index (χ1) is 15.6. The van der Waals surface area contributed by atoms with Crippen LogP contribution in [0.3, 0.4) is 0 Å². The summed E-state index contributed by atoms with van der Waals surface area (Å²) in [6.07, 6.45) is 13.5. The predicted molar refractivity (Wildman–Crippen MR) is 122 cm³/mol. The summed E-state index contributed by atoms with van der Waals surface area (Å²) in [5.41, 5.74) is 3.74. The summed E-state index contributed by atoms with van der Waals surface area (Å²) in [6.45, 7) is 1.18. The summed E-state index contributed by atoms with van der Waals surface area (Å²) in [6, 6.07) is 2.23. The van der Waals surface area contributed by atoms with E-state index in [-0.39, 0.29) is 11.4 Å². The Morgan fingerprint density at radius 1 is 1.25 bits per heavy atom. The van der Waals surface area contributed by atoms with Crippen LogP contribution in [0.2, 0.25) is 0 Å². The maximum absolute atomic E-state index is 13.5. The van der Waals surface area contributed by atoms with Crippen molar-refractivity contribution in [3.8, 4) is 0 Å². The van der Waals surface area contributed by atoms with Gasteiger partial charge in [-0.3, -0.25) is 0 Å². The number of aromatic nitrogens is 5. The molecule has 4 heterocycles. The maximum atomic E-state index is 13.5. The average molecular weight is 476 g/mol. The van der Waals surface area contributed by atoms with E-state index in [1.807, 2.05) is 6.33 Å². The van der Waals surface area contributed by atoms with E-state index in [9.17, 15) is 8.42 Å². The lowest BCUT2D eigenvalue weighted by atomic mass is 9.95. The van der Waals surface area contributed by atoms with Gasteiger partial charge in [0.05, 0.1) is 24.8 Å². The zero-order chi connectivity index (χ0) is 22.1. The van der Waals surface area contributed by atoms with Gasteiger partial charge in [0, 0.05) is 43.0 Å². The molecule has 1 aliphatic carbocycles. The number of rotatable bonds is 6. The second-order valence-electron chi connectivity index (χ2n) is 8.26. The van der Waals surface area contributed by atoms with Crippen molar-refractivity contribution in [3.63, 3.8) is 0 Å². The molecule has 32 heavy (non-hydrogen) atoms. The number of fused-ring (bicyclic) bond motifs is 2. The fraction of sp³-hybridized carbons (Fsp3) is 0.476. The van der Waals surface area contributed by atoms with E-state index in [0.717, 1.165) is 5.69 Å². The lowest BCUT2D eigenvalue weighted by Crippen LogP contribution is -2.36. The summed E-state index contributed by atoms with van der Waals surface area (Å²) in [7, 11) is -3.77. The molecule has 1 saturated carbocycles. The Morgan fingerprint density at radius 2 is 2.09 bits per heavy atom. The van der Waals surface area contributed by atoms with Gasteiger partial charge in [-0.2, -0.15) is 9.40 Å². The van der Waals surface area contributed by atoms with Crippen molar-refractivity contribution in [2.45, 2.75) is 56.0 Å². The Labute approximate surface area is 192 Å². The lowest BCUT2D eigenvalue weighted by molar-refractivity contribution is 0.333. The van der Waals surface area contributed by atoms with E-state index in [4.69, 9.17) is 11.6 Å². The summed E-state index contributed by atoms with van der Waals surface area (Å²) >= 11 is 5.55. The van der Waals surface area contributed by atoms with Crippen molar-refractivity contribution < 1.29 is 8.42 Å². The maximum Gasteiger partial charge on any atom is 0.248 e. The highest BCUT2D eigenvalue weighted by Crippen LogP contribution is 2.33. The van der Waals surface area contributed by atoms with Gasteiger partial charge in [-0.1, -0.05) is 36.9 Å². The minimum absolute atomic E-state index is 0.101. The van der Waals surface area contributed by atoms with Crippen LogP contribution in [0.4, 0.5) is 5.82 Å². The molecule has 1 N–H and O–H groups in total. The third-order valence-corrected chi connectivity index (χ3v) is 8.33. The molecule has 3 aromatic rings. The van der Waals surface area contributed by atoms with Crippen molar-refractivity contribution in [3.05, 3.63) is 47.8 Å². The Kier molecular flexibility index (Phi) is 5.92. The molecule has 9 nitrogen and oxygen atoms in total. The van der Waals surface area contributed by atoms with E-state index >= 15 is 0 Å². The minimum Gasteiger partial charge on any atom is -0.366 e. The molecule has 0 spiro atoms. The number of sulfonamides is 1. The number of hydrogen-bond acceptors (Lipinski definition) is 6. The molecule has 1 fully saturated rings.